The van der Waals surface area contributed by atoms with Gasteiger partial charge in [-0.1, -0.05) is 6.07 Å². The number of alkyl halides is 1. The number of allylic oxidation sites excluding steroid dienone is 1. The zero-order valence-electron chi connectivity index (χ0n) is 14.3. The van der Waals surface area contributed by atoms with Gasteiger partial charge in [-0.2, -0.15) is 0 Å². The van der Waals surface area contributed by atoms with Gasteiger partial charge >= 0.3 is 12.0 Å². The number of ether oxygens (including phenoxy) is 3. The molecular formula is C17H21ClN2O5. The molecule has 136 valence electrons. The van der Waals surface area contributed by atoms with Gasteiger partial charge in [-0.25, -0.2) is 9.59 Å². The van der Waals surface area contributed by atoms with Crippen molar-refractivity contribution in [3.8, 4) is 5.75 Å². The second-order valence-electron chi connectivity index (χ2n) is 5.28. The molecular weight excluding hydrogens is 348 g/mol. The molecule has 0 fully saturated rings. The lowest BCUT2D eigenvalue weighted by Crippen LogP contribution is -2.46. The third-order valence-electron chi connectivity index (χ3n) is 3.72. The number of amides is 2. The second-order valence-corrected chi connectivity index (χ2v) is 5.55. The normalized spacial score (nSPS) is 17.0. The van der Waals surface area contributed by atoms with Crippen LogP contribution in [-0.2, 0) is 20.9 Å². The fourth-order valence-corrected chi connectivity index (χ4v) is 2.88. The molecule has 1 aromatic rings. The average molecular weight is 369 g/mol. The highest BCUT2D eigenvalue weighted by molar-refractivity contribution is 6.20. The predicted molar refractivity (Wildman–Crippen MR) is 92.5 cm³/mol. The quantitative estimate of drug-likeness (QED) is 0.569. The number of nitrogens with one attached hydrogen (secondary N) is 2. The molecule has 0 bridgehead atoms. The molecule has 0 aliphatic carbocycles. The van der Waals surface area contributed by atoms with Crippen molar-refractivity contribution in [1.82, 2.24) is 10.6 Å². The number of carbonyl (C=O) groups is 2. The van der Waals surface area contributed by atoms with Crippen LogP contribution in [0.3, 0.4) is 0 Å². The van der Waals surface area contributed by atoms with Gasteiger partial charge in [0, 0.05) is 18.4 Å². The van der Waals surface area contributed by atoms with Gasteiger partial charge in [-0.15, -0.1) is 11.6 Å². The van der Waals surface area contributed by atoms with E-state index in [0.717, 1.165) is 5.56 Å². The highest BCUT2D eigenvalue weighted by Gasteiger charge is 2.33. The van der Waals surface area contributed by atoms with E-state index < -0.39 is 18.0 Å². The zero-order valence-corrected chi connectivity index (χ0v) is 15.1. The van der Waals surface area contributed by atoms with Crippen LogP contribution in [0.15, 0.2) is 29.5 Å². The van der Waals surface area contributed by atoms with E-state index >= 15 is 0 Å². The molecule has 0 radical (unpaired) electrons. The van der Waals surface area contributed by atoms with Crippen molar-refractivity contribution in [2.45, 2.75) is 19.6 Å². The Morgan fingerprint density at radius 3 is 2.68 bits per heavy atom. The fourth-order valence-electron chi connectivity index (χ4n) is 2.67. The summed E-state index contributed by atoms with van der Waals surface area (Å²) in [5, 5.41) is 5.31. The lowest BCUT2D eigenvalue weighted by atomic mass is 9.94. The topological polar surface area (TPSA) is 85.9 Å². The standard InChI is InChI=1S/C17H21ClN2O5/c1-4-25-16(21)14-12(8-18)19-17(22)20-15(14)10-5-6-13(24-3)11(7-10)9-23-2/h5-7,15H,4,8-9H2,1-3H3,(H2,19,20,22). The number of hydrogen-bond acceptors (Lipinski definition) is 5. The van der Waals surface area contributed by atoms with Gasteiger partial charge in [-0.05, 0) is 24.6 Å². The highest BCUT2D eigenvalue weighted by Crippen LogP contribution is 2.31. The zero-order chi connectivity index (χ0) is 18.4. The Kier molecular flexibility index (Phi) is 6.66. The Labute approximate surface area is 151 Å². The SMILES string of the molecule is CCOC(=O)C1=C(CCl)NC(=O)NC1c1ccc(OC)c(COC)c1. The predicted octanol–water partition coefficient (Wildman–Crippen LogP) is 2.25. The van der Waals surface area contributed by atoms with Gasteiger partial charge in [0.25, 0.3) is 0 Å². The summed E-state index contributed by atoms with van der Waals surface area (Å²) in [5.41, 5.74) is 2.11. The summed E-state index contributed by atoms with van der Waals surface area (Å²) < 4.78 is 15.6. The van der Waals surface area contributed by atoms with Crippen LogP contribution < -0.4 is 15.4 Å². The average Bonchev–Trinajstić information content (AvgIpc) is 2.61. The molecule has 25 heavy (non-hydrogen) atoms. The maximum Gasteiger partial charge on any atom is 0.338 e. The number of methoxy groups -OCH3 is 2. The van der Waals surface area contributed by atoms with Crippen molar-refractivity contribution >= 4 is 23.6 Å². The Morgan fingerprint density at radius 2 is 2.08 bits per heavy atom. The van der Waals surface area contributed by atoms with Crippen molar-refractivity contribution < 1.29 is 23.8 Å². The van der Waals surface area contributed by atoms with E-state index in [1.807, 2.05) is 6.07 Å². The summed E-state index contributed by atoms with van der Waals surface area (Å²) in [5.74, 6) is 0.115. The van der Waals surface area contributed by atoms with Crippen molar-refractivity contribution in [2.75, 3.05) is 26.7 Å². The Balaban J connectivity index is 2.51. The summed E-state index contributed by atoms with van der Waals surface area (Å²) in [6, 6.07) is 4.25. The minimum Gasteiger partial charge on any atom is -0.496 e. The van der Waals surface area contributed by atoms with Gasteiger partial charge in [-0.3, -0.25) is 0 Å². The number of benzene rings is 1. The highest BCUT2D eigenvalue weighted by atomic mass is 35.5. The Bertz CT molecular complexity index is 690. The van der Waals surface area contributed by atoms with E-state index in [1.54, 1.807) is 33.3 Å². The summed E-state index contributed by atoms with van der Waals surface area (Å²) in [4.78, 5) is 24.4. The summed E-state index contributed by atoms with van der Waals surface area (Å²) >= 11 is 5.92. The monoisotopic (exact) mass is 368 g/mol. The molecule has 2 N–H and O–H groups in total. The van der Waals surface area contributed by atoms with E-state index in [4.69, 9.17) is 25.8 Å². The number of urea groups is 1. The molecule has 1 atom stereocenters. The number of hydrogen-bond donors (Lipinski definition) is 2. The van der Waals surface area contributed by atoms with Gasteiger partial charge in [0.15, 0.2) is 0 Å². The van der Waals surface area contributed by atoms with E-state index in [-0.39, 0.29) is 18.1 Å². The molecule has 8 heteroatoms. The van der Waals surface area contributed by atoms with Crippen LogP contribution in [0, 0.1) is 0 Å². The molecule has 1 unspecified atom stereocenters. The molecule has 7 nitrogen and oxygen atoms in total. The molecule has 0 saturated carbocycles. The molecule has 0 saturated heterocycles. The molecule has 0 aromatic heterocycles. The first-order chi connectivity index (χ1) is 12.0. The van der Waals surface area contributed by atoms with Crippen molar-refractivity contribution in [3.05, 3.63) is 40.6 Å². The smallest absolute Gasteiger partial charge is 0.338 e. The maximum atomic E-state index is 12.4. The van der Waals surface area contributed by atoms with E-state index in [9.17, 15) is 9.59 Å². The van der Waals surface area contributed by atoms with Crippen molar-refractivity contribution in [1.29, 1.82) is 0 Å². The number of esters is 1. The first-order valence-electron chi connectivity index (χ1n) is 7.75. The van der Waals surface area contributed by atoms with Crippen molar-refractivity contribution in [3.63, 3.8) is 0 Å². The molecule has 0 spiro atoms. The molecule has 1 aliphatic heterocycles. The van der Waals surface area contributed by atoms with E-state index in [1.165, 1.54) is 0 Å². The number of rotatable bonds is 7. The third-order valence-corrected chi connectivity index (χ3v) is 3.99. The van der Waals surface area contributed by atoms with Gasteiger partial charge in [0.1, 0.15) is 5.75 Å². The van der Waals surface area contributed by atoms with E-state index in [2.05, 4.69) is 10.6 Å². The van der Waals surface area contributed by atoms with Crippen LogP contribution in [0.2, 0.25) is 0 Å². The third kappa shape index (κ3) is 4.24. The number of halogens is 1. The summed E-state index contributed by atoms with van der Waals surface area (Å²) in [6.45, 7) is 2.26. The van der Waals surface area contributed by atoms with Crippen molar-refractivity contribution in [2.24, 2.45) is 0 Å². The lowest BCUT2D eigenvalue weighted by Gasteiger charge is -2.29. The van der Waals surface area contributed by atoms with Gasteiger partial charge in [0.2, 0.25) is 0 Å². The van der Waals surface area contributed by atoms with E-state index in [0.29, 0.717) is 23.6 Å². The van der Waals surface area contributed by atoms with Crippen LogP contribution in [0.25, 0.3) is 0 Å². The molecule has 2 amide bonds. The first kappa shape index (κ1) is 19.1. The number of carbonyl (C=O) groups excluding carboxylic acids is 2. The maximum absolute atomic E-state index is 12.4. The second kappa shape index (κ2) is 8.73. The molecule has 2 rings (SSSR count). The minimum atomic E-state index is -0.678. The van der Waals surface area contributed by atoms with Crippen LogP contribution >= 0.6 is 11.6 Å². The molecule has 1 aromatic carbocycles. The van der Waals surface area contributed by atoms with Crippen LogP contribution in [-0.4, -0.2) is 38.7 Å². The molecule has 1 aliphatic rings. The largest absolute Gasteiger partial charge is 0.496 e. The van der Waals surface area contributed by atoms with Crippen LogP contribution in [0.5, 0.6) is 5.75 Å². The minimum absolute atomic E-state index is 0.0147. The first-order valence-corrected chi connectivity index (χ1v) is 8.28. The fraction of sp³-hybridized carbons (Fsp3) is 0.412. The Morgan fingerprint density at radius 1 is 1.32 bits per heavy atom. The molecule has 1 heterocycles. The lowest BCUT2D eigenvalue weighted by molar-refractivity contribution is -0.139. The summed E-state index contributed by atoms with van der Waals surface area (Å²) in [7, 11) is 3.14. The van der Waals surface area contributed by atoms with Crippen LogP contribution in [0.4, 0.5) is 4.79 Å². The van der Waals surface area contributed by atoms with Crippen LogP contribution in [0.1, 0.15) is 24.1 Å². The van der Waals surface area contributed by atoms with Gasteiger partial charge in [0.05, 0.1) is 37.8 Å². The summed E-state index contributed by atoms with van der Waals surface area (Å²) in [6.07, 6.45) is 0. The van der Waals surface area contributed by atoms with Gasteiger partial charge < -0.3 is 24.8 Å². The Hall–Kier alpha value is -2.25.